The fourth-order valence-electron chi connectivity index (χ4n) is 2.16. The molecule has 0 saturated heterocycles. The Balaban J connectivity index is 2.40. The Bertz CT molecular complexity index is 747. The van der Waals surface area contributed by atoms with Crippen LogP contribution < -0.4 is 5.32 Å². The van der Waals surface area contributed by atoms with E-state index in [-0.39, 0.29) is 11.6 Å². The highest BCUT2D eigenvalue weighted by molar-refractivity contribution is 6.08. The largest absolute Gasteiger partial charge is 0.464 e. The second-order valence-electron chi connectivity index (χ2n) is 5.20. The Labute approximate surface area is 129 Å². The van der Waals surface area contributed by atoms with E-state index in [1.54, 1.807) is 14.0 Å². The van der Waals surface area contributed by atoms with E-state index in [4.69, 9.17) is 4.74 Å². The summed E-state index contributed by atoms with van der Waals surface area (Å²) in [6.07, 6.45) is 0. The topological polar surface area (TPSA) is 73.2 Å². The summed E-state index contributed by atoms with van der Waals surface area (Å²) in [4.78, 5) is 24.3. The van der Waals surface area contributed by atoms with Crippen LogP contribution in [0.3, 0.4) is 0 Å². The molecule has 1 N–H and O–H groups in total. The van der Waals surface area contributed by atoms with E-state index in [1.165, 1.54) is 11.8 Å². The van der Waals surface area contributed by atoms with Crippen molar-refractivity contribution < 1.29 is 14.3 Å². The van der Waals surface area contributed by atoms with Gasteiger partial charge in [0.1, 0.15) is 0 Å². The van der Waals surface area contributed by atoms with Crippen LogP contribution in [0.2, 0.25) is 0 Å². The Morgan fingerprint density at radius 1 is 1.23 bits per heavy atom. The number of nitrogens with one attached hydrogen (secondary N) is 1. The average molecular weight is 301 g/mol. The molecule has 1 heterocycles. The van der Waals surface area contributed by atoms with Gasteiger partial charge in [0, 0.05) is 12.6 Å². The van der Waals surface area contributed by atoms with Gasteiger partial charge in [-0.1, -0.05) is 17.7 Å². The molecule has 0 fully saturated rings. The van der Waals surface area contributed by atoms with Crippen LogP contribution in [0.25, 0.3) is 0 Å². The number of anilines is 1. The molecule has 0 saturated carbocycles. The molecular formula is C16H19N3O3. The van der Waals surface area contributed by atoms with Crippen molar-refractivity contribution in [2.45, 2.75) is 20.8 Å². The van der Waals surface area contributed by atoms with Crippen molar-refractivity contribution in [2.75, 3.05) is 12.4 Å². The minimum absolute atomic E-state index is 0.0983. The Morgan fingerprint density at radius 3 is 2.55 bits per heavy atom. The lowest BCUT2D eigenvalue weighted by atomic mass is 10.0. The third kappa shape index (κ3) is 2.86. The molecule has 0 spiro atoms. The summed E-state index contributed by atoms with van der Waals surface area (Å²) in [5.74, 6) is -0.859. The van der Waals surface area contributed by atoms with Gasteiger partial charge in [0.2, 0.25) is 0 Å². The lowest BCUT2D eigenvalue weighted by Gasteiger charge is -2.09. The van der Waals surface area contributed by atoms with E-state index in [0.29, 0.717) is 16.9 Å². The van der Waals surface area contributed by atoms with Gasteiger partial charge in [-0.05, 0) is 32.4 Å². The van der Waals surface area contributed by atoms with E-state index < -0.39 is 5.97 Å². The molecule has 22 heavy (non-hydrogen) atoms. The normalized spacial score (nSPS) is 10.4. The van der Waals surface area contributed by atoms with Crippen molar-refractivity contribution in [3.8, 4) is 0 Å². The molecule has 1 aromatic carbocycles. The number of methoxy groups -OCH3 is 1. The van der Waals surface area contributed by atoms with E-state index >= 15 is 0 Å². The SMILES string of the molecule is COC(=O)c1nn(C)c(C)c1NC(=O)c1cc(C)ccc1C. The van der Waals surface area contributed by atoms with Crippen LogP contribution in [0.15, 0.2) is 18.2 Å². The summed E-state index contributed by atoms with van der Waals surface area (Å²) in [6, 6.07) is 5.65. The second-order valence-corrected chi connectivity index (χ2v) is 5.20. The minimum atomic E-state index is -0.583. The third-order valence-electron chi connectivity index (χ3n) is 3.59. The van der Waals surface area contributed by atoms with Crippen molar-refractivity contribution in [1.29, 1.82) is 0 Å². The van der Waals surface area contributed by atoms with Crippen molar-refractivity contribution in [3.63, 3.8) is 0 Å². The first kappa shape index (κ1) is 15.8. The number of hydrogen-bond donors (Lipinski definition) is 1. The van der Waals surface area contributed by atoms with E-state index in [0.717, 1.165) is 11.1 Å². The molecule has 2 aromatic rings. The van der Waals surface area contributed by atoms with E-state index in [9.17, 15) is 9.59 Å². The highest BCUT2D eigenvalue weighted by Gasteiger charge is 2.22. The maximum Gasteiger partial charge on any atom is 0.360 e. The number of aromatic nitrogens is 2. The molecule has 2 rings (SSSR count). The maximum absolute atomic E-state index is 12.5. The summed E-state index contributed by atoms with van der Waals surface area (Å²) in [5, 5.41) is 6.87. The quantitative estimate of drug-likeness (QED) is 0.883. The van der Waals surface area contributed by atoms with Crippen LogP contribution in [0, 0.1) is 20.8 Å². The number of ether oxygens (including phenoxy) is 1. The molecule has 1 amide bonds. The van der Waals surface area contributed by atoms with Crippen LogP contribution in [0.1, 0.15) is 37.7 Å². The predicted octanol–water partition coefficient (Wildman–Crippen LogP) is 2.38. The standard InChI is InChI=1S/C16H19N3O3/c1-9-6-7-10(2)12(8-9)15(20)17-13-11(3)19(4)18-14(13)16(21)22-5/h6-8H,1-5H3,(H,17,20). The molecule has 0 radical (unpaired) electrons. The molecule has 0 unspecified atom stereocenters. The van der Waals surface area contributed by atoms with Crippen molar-refractivity contribution in [1.82, 2.24) is 9.78 Å². The van der Waals surface area contributed by atoms with Crippen LogP contribution in [0.4, 0.5) is 5.69 Å². The lowest BCUT2D eigenvalue weighted by Crippen LogP contribution is -2.16. The maximum atomic E-state index is 12.5. The molecule has 0 bridgehead atoms. The van der Waals surface area contributed by atoms with Gasteiger partial charge < -0.3 is 10.1 Å². The number of benzene rings is 1. The van der Waals surface area contributed by atoms with Gasteiger partial charge in [0.25, 0.3) is 5.91 Å². The van der Waals surface area contributed by atoms with Gasteiger partial charge in [-0.2, -0.15) is 5.10 Å². The number of amides is 1. The zero-order chi connectivity index (χ0) is 16.4. The van der Waals surface area contributed by atoms with Gasteiger partial charge in [-0.3, -0.25) is 9.48 Å². The number of esters is 1. The van der Waals surface area contributed by atoms with Crippen LogP contribution in [-0.4, -0.2) is 28.8 Å². The fourth-order valence-corrected chi connectivity index (χ4v) is 2.16. The Morgan fingerprint density at radius 2 is 1.91 bits per heavy atom. The molecular weight excluding hydrogens is 282 g/mol. The molecule has 0 aliphatic carbocycles. The second kappa shape index (κ2) is 6.01. The first-order valence-electron chi connectivity index (χ1n) is 6.85. The molecule has 0 atom stereocenters. The monoisotopic (exact) mass is 301 g/mol. The highest BCUT2D eigenvalue weighted by atomic mass is 16.5. The number of carbonyl (C=O) groups is 2. The number of carbonyl (C=O) groups excluding carboxylic acids is 2. The summed E-state index contributed by atoms with van der Waals surface area (Å²) in [7, 11) is 2.98. The van der Waals surface area contributed by atoms with Crippen LogP contribution in [-0.2, 0) is 11.8 Å². The molecule has 6 nitrogen and oxygen atoms in total. The van der Waals surface area contributed by atoms with Gasteiger partial charge in [0.15, 0.2) is 5.69 Å². The van der Waals surface area contributed by atoms with Gasteiger partial charge in [-0.25, -0.2) is 4.79 Å². The zero-order valence-corrected chi connectivity index (χ0v) is 13.4. The molecule has 6 heteroatoms. The molecule has 1 aromatic heterocycles. The third-order valence-corrected chi connectivity index (χ3v) is 3.59. The highest BCUT2D eigenvalue weighted by Crippen LogP contribution is 2.22. The van der Waals surface area contributed by atoms with Gasteiger partial charge in [-0.15, -0.1) is 0 Å². The average Bonchev–Trinajstić information content (AvgIpc) is 2.77. The van der Waals surface area contributed by atoms with Crippen LogP contribution in [0.5, 0.6) is 0 Å². The zero-order valence-electron chi connectivity index (χ0n) is 13.4. The molecule has 116 valence electrons. The number of aryl methyl sites for hydroxylation is 3. The van der Waals surface area contributed by atoms with Crippen LogP contribution >= 0.6 is 0 Å². The molecule has 0 aliphatic rings. The Hall–Kier alpha value is -2.63. The van der Waals surface area contributed by atoms with Crippen molar-refractivity contribution in [3.05, 3.63) is 46.3 Å². The van der Waals surface area contributed by atoms with E-state index in [2.05, 4.69) is 10.4 Å². The summed E-state index contributed by atoms with van der Waals surface area (Å²) in [6.45, 7) is 5.56. The van der Waals surface area contributed by atoms with Crippen molar-refractivity contribution >= 4 is 17.6 Å². The van der Waals surface area contributed by atoms with Gasteiger partial charge in [0.05, 0.1) is 18.5 Å². The summed E-state index contributed by atoms with van der Waals surface area (Å²) < 4.78 is 6.24. The number of nitrogens with zero attached hydrogens (tertiary/aromatic N) is 2. The van der Waals surface area contributed by atoms with E-state index in [1.807, 2.05) is 32.0 Å². The Kier molecular flexibility index (Phi) is 4.30. The first-order valence-corrected chi connectivity index (χ1v) is 6.85. The predicted molar refractivity (Wildman–Crippen MR) is 83.2 cm³/mol. The first-order chi connectivity index (χ1) is 10.3. The number of rotatable bonds is 3. The summed E-state index contributed by atoms with van der Waals surface area (Å²) >= 11 is 0. The minimum Gasteiger partial charge on any atom is -0.464 e. The van der Waals surface area contributed by atoms with Gasteiger partial charge >= 0.3 is 5.97 Å². The van der Waals surface area contributed by atoms with Crippen molar-refractivity contribution in [2.24, 2.45) is 7.05 Å². The fraction of sp³-hybridized carbons (Fsp3) is 0.312. The summed E-state index contributed by atoms with van der Waals surface area (Å²) in [5.41, 5.74) is 3.58. The lowest BCUT2D eigenvalue weighted by molar-refractivity contribution is 0.0594. The molecule has 0 aliphatic heterocycles. The smallest absolute Gasteiger partial charge is 0.360 e. The number of hydrogen-bond acceptors (Lipinski definition) is 4.